The van der Waals surface area contributed by atoms with Crippen LogP contribution in [0, 0.1) is 6.92 Å². The molecule has 3 N–H and O–H groups in total. The third kappa shape index (κ3) is 2.75. The number of aryl methyl sites for hydroxylation is 1. The highest BCUT2D eigenvalue weighted by Crippen LogP contribution is 2.31. The maximum Gasteiger partial charge on any atom is 0.178 e. The van der Waals surface area contributed by atoms with Crippen LogP contribution in [0.4, 0.5) is 0 Å². The molecule has 0 amide bonds. The Morgan fingerprint density at radius 3 is 3.00 bits per heavy atom. The van der Waals surface area contributed by atoms with E-state index in [4.69, 9.17) is 10.9 Å². The van der Waals surface area contributed by atoms with Gasteiger partial charge in [-0.2, -0.15) is 0 Å². The first-order valence-electron chi connectivity index (χ1n) is 4.73. The van der Waals surface area contributed by atoms with E-state index in [1.54, 1.807) is 5.51 Å². The molecule has 0 fully saturated rings. The molecule has 0 unspecified atom stereocenters. The van der Waals surface area contributed by atoms with E-state index in [-0.39, 0.29) is 5.84 Å². The van der Waals surface area contributed by atoms with Gasteiger partial charge in [0.15, 0.2) is 10.2 Å². The van der Waals surface area contributed by atoms with Gasteiger partial charge in [0.05, 0.1) is 0 Å². The van der Waals surface area contributed by atoms with Crippen molar-refractivity contribution in [1.82, 2.24) is 10.2 Å². The van der Waals surface area contributed by atoms with E-state index in [9.17, 15) is 0 Å². The SMILES string of the molecule is Cc1ccc(C(N)=NO)c(Sc2nncs2)c1. The highest BCUT2D eigenvalue weighted by molar-refractivity contribution is 8.01. The van der Waals surface area contributed by atoms with Gasteiger partial charge in [0.1, 0.15) is 5.51 Å². The third-order valence-corrected chi connectivity index (χ3v) is 3.89. The van der Waals surface area contributed by atoms with Gasteiger partial charge < -0.3 is 10.9 Å². The van der Waals surface area contributed by atoms with Gasteiger partial charge in [0.2, 0.25) is 0 Å². The Hall–Kier alpha value is -1.60. The van der Waals surface area contributed by atoms with Crippen LogP contribution in [0.1, 0.15) is 11.1 Å². The zero-order chi connectivity index (χ0) is 12.3. The third-order valence-electron chi connectivity index (χ3n) is 2.06. The maximum atomic E-state index is 8.74. The topological polar surface area (TPSA) is 84.4 Å². The van der Waals surface area contributed by atoms with Crippen LogP contribution < -0.4 is 5.73 Å². The van der Waals surface area contributed by atoms with Crippen molar-refractivity contribution >= 4 is 28.9 Å². The molecule has 0 spiro atoms. The van der Waals surface area contributed by atoms with Crippen LogP contribution in [0.15, 0.2) is 38.1 Å². The highest BCUT2D eigenvalue weighted by atomic mass is 32.2. The number of rotatable bonds is 3. The lowest BCUT2D eigenvalue weighted by Gasteiger charge is -2.06. The standard InChI is InChI=1S/C10H10N4OS2/c1-6-2-3-7(9(11)14-15)8(4-6)17-10-13-12-5-16-10/h2-5,15H,1H3,(H2,11,14). The van der Waals surface area contributed by atoms with Crippen molar-refractivity contribution in [3.8, 4) is 0 Å². The molecule has 17 heavy (non-hydrogen) atoms. The van der Waals surface area contributed by atoms with Crippen LogP contribution in [0.2, 0.25) is 0 Å². The van der Waals surface area contributed by atoms with E-state index in [1.165, 1.54) is 23.1 Å². The summed E-state index contributed by atoms with van der Waals surface area (Å²) in [7, 11) is 0. The number of oxime groups is 1. The van der Waals surface area contributed by atoms with Gasteiger partial charge in [-0.25, -0.2) is 0 Å². The summed E-state index contributed by atoms with van der Waals surface area (Å²) in [6.45, 7) is 1.99. The molecule has 0 saturated heterocycles. The summed E-state index contributed by atoms with van der Waals surface area (Å²) in [5.74, 6) is 0.0945. The molecular formula is C10H10N4OS2. The Morgan fingerprint density at radius 1 is 1.53 bits per heavy atom. The minimum atomic E-state index is 0.0945. The first-order valence-corrected chi connectivity index (χ1v) is 6.43. The second-order valence-corrected chi connectivity index (χ2v) is 5.41. The van der Waals surface area contributed by atoms with Gasteiger partial charge in [-0.15, -0.1) is 10.2 Å². The zero-order valence-electron chi connectivity index (χ0n) is 8.99. The lowest BCUT2D eigenvalue weighted by atomic mass is 10.1. The summed E-state index contributed by atoms with van der Waals surface area (Å²) in [4.78, 5) is 0.900. The smallest absolute Gasteiger partial charge is 0.178 e. The van der Waals surface area contributed by atoms with Crippen LogP contribution >= 0.6 is 23.1 Å². The number of nitrogens with zero attached hydrogens (tertiary/aromatic N) is 3. The summed E-state index contributed by atoms with van der Waals surface area (Å²) < 4.78 is 0.822. The van der Waals surface area contributed by atoms with Crippen molar-refractivity contribution in [3.05, 3.63) is 34.8 Å². The first kappa shape index (κ1) is 11.9. The number of hydrogen-bond acceptors (Lipinski definition) is 6. The van der Waals surface area contributed by atoms with E-state index < -0.39 is 0 Å². The summed E-state index contributed by atoms with van der Waals surface area (Å²) in [5.41, 5.74) is 9.09. The minimum Gasteiger partial charge on any atom is -0.409 e. The van der Waals surface area contributed by atoms with Crippen molar-refractivity contribution in [2.75, 3.05) is 0 Å². The molecule has 2 aromatic rings. The minimum absolute atomic E-state index is 0.0945. The van der Waals surface area contributed by atoms with Crippen LogP contribution in [-0.4, -0.2) is 21.2 Å². The van der Waals surface area contributed by atoms with E-state index in [2.05, 4.69) is 15.4 Å². The zero-order valence-corrected chi connectivity index (χ0v) is 10.6. The number of nitrogens with two attached hydrogens (primary N) is 1. The molecule has 1 aromatic heterocycles. The second-order valence-electron chi connectivity index (χ2n) is 3.29. The van der Waals surface area contributed by atoms with Crippen molar-refractivity contribution in [2.24, 2.45) is 10.9 Å². The predicted octanol–water partition coefficient (Wildman–Crippen LogP) is 2.09. The Bertz CT molecular complexity index is 539. The average molecular weight is 266 g/mol. The summed E-state index contributed by atoms with van der Waals surface area (Å²) >= 11 is 2.90. The molecule has 0 aliphatic carbocycles. The van der Waals surface area contributed by atoms with Gasteiger partial charge in [-0.1, -0.05) is 34.3 Å². The molecule has 0 saturated carbocycles. The fraction of sp³-hybridized carbons (Fsp3) is 0.100. The highest BCUT2D eigenvalue weighted by Gasteiger charge is 2.10. The average Bonchev–Trinajstić information content (AvgIpc) is 2.81. The monoisotopic (exact) mass is 266 g/mol. The van der Waals surface area contributed by atoms with Crippen molar-refractivity contribution in [1.29, 1.82) is 0 Å². The number of hydrogen-bond donors (Lipinski definition) is 2. The maximum absolute atomic E-state index is 8.74. The first-order chi connectivity index (χ1) is 8.20. The quantitative estimate of drug-likeness (QED) is 0.384. The molecule has 0 aliphatic rings. The van der Waals surface area contributed by atoms with Gasteiger partial charge in [0, 0.05) is 10.5 Å². The van der Waals surface area contributed by atoms with Gasteiger partial charge in [-0.05, 0) is 24.6 Å². The Morgan fingerprint density at radius 2 is 2.35 bits per heavy atom. The molecule has 88 valence electrons. The van der Waals surface area contributed by atoms with Crippen LogP contribution in [0.5, 0.6) is 0 Å². The van der Waals surface area contributed by atoms with Gasteiger partial charge in [0.25, 0.3) is 0 Å². The predicted molar refractivity (Wildman–Crippen MR) is 67.7 cm³/mol. The molecule has 0 atom stereocenters. The van der Waals surface area contributed by atoms with E-state index >= 15 is 0 Å². The molecule has 5 nitrogen and oxygen atoms in total. The molecule has 0 radical (unpaired) electrons. The molecule has 7 heteroatoms. The molecule has 2 rings (SSSR count). The number of aromatic nitrogens is 2. The largest absolute Gasteiger partial charge is 0.409 e. The molecular weight excluding hydrogens is 256 g/mol. The summed E-state index contributed by atoms with van der Waals surface area (Å²) in [5, 5.41) is 19.5. The van der Waals surface area contributed by atoms with Gasteiger partial charge in [-0.3, -0.25) is 0 Å². The van der Waals surface area contributed by atoms with Crippen LogP contribution in [0.25, 0.3) is 0 Å². The Balaban J connectivity index is 2.40. The van der Waals surface area contributed by atoms with E-state index in [0.717, 1.165) is 14.8 Å². The molecule has 1 aromatic carbocycles. The fourth-order valence-corrected chi connectivity index (χ4v) is 2.95. The van der Waals surface area contributed by atoms with Crippen molar-refractivity contribution in [2.45, 2.75) is 16.2 Å². The fourth-order valence-electron chi connectivity index (χ4n) is 1.28. The van der Waals surface area contributed by atoms with E-state index in [1.807, 2.05) is 25.1 Å². The molecule has 0 aliphatic heterocycles. The molecule has 1 heterocycles. The molecule has 0 bridgehead atoms. The Kier molecular flexibility index (Phi) is 3.60. The lowest BCUT2D eigenvalue weighted by Crippen LogP contribution is -2.14. The van der Waals surface area contributed by atoms with Crippen LogP contribution in [0.3, 0.4) is 0 Å². The number of benzene rings is 1. The van der Waals surface area contributed by atoms with Crippen LogP contribution in [-0.2, 0) is 0 Å². The second kappa shape index (κ2) is 5.15. The van der Waals surface area contributed by atoms with Crippen molar-refractivity contribution in [3.63, 3.8) is 0 Å². The van der Waals surface area contributed by atoms with Crippen molar-refractivity contribution < 1.29 is 5.21 Å². The Labute approximate surface area is 106 Å². The summed E-state index contributed by atoms with van der Waals surface area (Å²) in [6, 6.07) is 5.71. The van der Waals surface area contributed by atoms with Gasteiger partial charge >= 0.3 is 0 Å². The number of amidine groups is 1. The summed E-state index contributed by atoms with van der Waals surface area (Å²) in [6.07, 6.45) is 0. The normalized spacial score (nSPS) is 11.7. The lowest BCUT2D eigenvalue weighted by molar-refractivity contribution is 0.318. The van der Waals surface area contributed by atoms with E-state index in [0.29, 0.717) is 5.56 Å².